The molecule has 130 valence electrons. The first-order valence-electron chi connectivity index (χ1n) is 9.32. The van der Waals surface area contributed by atoms with Crippen LogP contribution < -0.4 is 16.0 Å². The number of hydrogen-bond acceptors (Lipinski definition) is 6. The molecule has 0 aromatic carbocycles. The molecule has 0 bridgehead atoms. The predicted molar refractivity (Wildman–Crippen MR) is 97.1 cm³/mol. The molecule has 23 heavy (non-hydrogen) atoms. The van der Waals surface area contributed by atoms with Crippen LogP contribution in [0.1, 0.15) is 71.6 Å². The molecule has 0 atom stereocenters. The average Bonchev–Trinajstić information content (AvgIpc) is 2.56. The molecule has 1 saturated carbocycles. The van der Waals surface area contributed by atoms with Gasteiger partial charge in [0, 0.05) is 19.1 Å². The van der Waals surface area contributed by atoms with E-state index in [1.54, 1.807) is 0 Å². The van der Waals surface area contributed by atoms with Gasteiger partial charge in [-0.05, 0) is 25.7 Å². The first-order valence-corrected chi connectivity index (χ1v) is 9.32. The van der Waals surface area contributed by atoms with Crippen molar-refractivity contribution in [3.8, 4) is 0 Å². The van der Waals surface area contributed by atoms with Gasteiger partial charge < -0.3 is 16.0 Å². The number of nitrogens with one attached hydrogen (secondary N) is 3. The average molecular weight is 320 g/mol. The van der Waals surface area contributed by atoms with Crippen LogP contribution in [0, 0.1) is 0 Å². The van der Waals surface area contributed by atoms with Gasteiger partial charge in [-0.3, -0.25) is 0 Å². The molecular formula is C17H32N6. The van der Waals surface area contributed by atoms with Crippen LogP contribution in [0.4, 0.5) is 17.8 Å². The highest BCUT2D eigenvalue weighted by atomic mass is 15.3. The van der Waals surface area contributed by atoms with Gasteiger partial charge in [0.05, 0.1) is 0 Å². The molecule has 1 aromatic rings. The predicted octanol–water partition coefficient (Wildman–Crippen LogP) is 4.04. The zero-order valence-corrected chi connectivity index (χ0v) is 14.7. The molecule has 6 nitrogen and oxygen atoms in total. The van der Waals surface area contributed by atoms with Crippen LogP contribution >= 0.6 is 0 Å². The highest BCUT2D eigenvalue weighted by molar-refractivity contribution is 5.42. The lowest BCUT2D eigenvalue weighted by molar-refractivity contribution is 0.461. The Morgan fingerprint density at radius 2 is 1.30 bits per heavy atom. The molecule has 1 aliphatic rings. The summed E-state index contributed by atoms with van der Waals surface area (Å²) in [4.78, 5) is 13.6. The lowest BCUT2D eigenvalue weighted by atomic mass is 9.96. The van der Waals surface area contributed by atoms with E-state index in [-0.39, 0.29) is 0 Å². The molecule has 1 aliphatic carbocycles. The number of aromatic nitrogens is 3. The summed E-state index contributed by atoms with van der Waals surface area (Å²) in [6.45, 7) is 6.17. The number of anilines is 3. The Labute approximate surface area is 140 Å². The van der Waals surface area contributed by atoms with Crippen molar-refractivity contribution in [2.75, 3.05) is 29.0 Å². The molecule has 0 aliphatic heterocycles. The van der Waals surface area contributed by atoms with Crippen molar-refractivity contribution >= 4 is 17.8 Å². The minimum atomic E-state index is 0.498. The molecule has 6 heteroatoms. The Balaban J connectivity index is 2.00. The number of rotatable bonds is 10. The van der Waals surface area contributed by atoms with E-state index in [1.807, 2.05) is 0 Å². The van der Waals surface area contributed by atoms with E-state index in [0.717, 1.165) is 38.8 Å². The second kappa shape index (κ2) is 10.2. The molecular weight excluding hydrogens is 288 g/mol. The topological polar surface area (TPSA) is 74.8 Å². The van der Waals surface area contributed by atoms with E-state index < -0.39 is 0 Å². The van der Waals surface area contributed by atoms with Crippen LogP contribution in [-0.4, -0.2) is 34.1 Å². The first kappa shape index (κ1) is 17.8. The standard InChI is InChI=1S/C17H32N6/c1-3-5-12-18-15-21-16(19-13-6-4-2)23-17(22-15)20-14-10-8-7-9-11-14/h14H,3-13H2,1-2H3,(H3,18,19,20,21,22,23). The van der Waals surface area contributed by atoms with E-state index in [0.29, 0.717) is 23.9 Å². The molecule has 3 N–H and O–H groups in total. The van der Waals surface area contributed by atoms with Gasteiger partial charge in [0.2, 0.25) is 17.8 Å². The molecule has 0 radical (unpaired) electrons. The Morgan fingerprint density at radius 1 is 0.783 bits per heavy atom. The summed E-state index contributed by atoms with van der Waals surface area (Å²) in [5.41, 5.74) is 0. The fourth-order valence-corrected chi connectivity index (χ4v) is 2.78. The second-order valence-electron chi connectivity index (χ2n) is 6.35. The van der Waals surface area contributed by atoms with Crippen LogP contribution in [0.2, 0.25) is 0 Å². The number of hydrogen-bond donors (Lipinski definition) is 3. The highest BCUT2D eigenvalue weighted by Crippen LogP contribution is 2.21. The van der Waals surface area contributed by atoms with Crippen LogP contribution in [0.3, 0.4) is 0 Å². The normalized spacial score (nSPS) is 15.4. The van der Waals surface area contributed by atoms with Crippen LogP contribution in [0.5, 0.6) is 0 Å². The van der Waals surface area contributed by atoms with E-state index in [1.165, 1.54) is 32.1 Å². The highest BCUT2D eigenvalue weighted by Gasteiger charge is 2.15. The van der Waals surface area contributed by atoms with Gasteiger partial charge >= 0.3 is 0 Å². The zero-order chi connectivity index (χ0) is 16.3. The lowest BCUT2D eigenvalue weighted by Gasteiger charge is -2.23. The molecule has 1 fully saturated rings. The molecule has 0 spiro atoms. The van der Waals surface area contributed by atoms with Crippen molar-refractivity contribution in [3.63, 3.8) is 0 Å². The van der Waals surface area contributed by atoms with Crippen LogP contribution in [0.15, 0.2) is 0 Å². The van der Waals surface area contributed by atoms with Crippen LogP contribution in [0.25, 0.3) is 0 Å². The fourth-order valence-electron chi connectivity index (χ4n) is 2.78. The number of nitrogens with zero attached hydrogens (tertiary/aromatic N) is 3. The maximum atomic E-state index is 4.54. The summed E-state index contributed by atoms with van der Waals surface area (Å²) in [6.07, 6.45) is 10.9. The molecule has 1 aromatic heterocycles. The van der Waals surface area contributed by atoms with E-state index >= 15 is 0 Å². The Kier molecular flexibility index (Phi) is 7.90. The smallest absolute Gasteiger partial charge is 0.229 e. The first-order chi connectivity index (χ1) is 11.3. The molecule has 0 amide bonds. The quantitative estimate of drug-likeness (QED) is 0.565. The van der Waals surface area contributed by atoms with Crippen molar-refractivity contribution < 1.29 is 0 Å². The van der Waals surface area contributed by atoms with Crippen molar-refractivity contribution in [2.45, 2.75) is 77.7 Å². The largest absolute Gasteiger partial charge is 0.354 e. The third-order valence-corrected chi connectivity index (χ3v) is 4.20. The second-order valence-corrected chi connectivity index (χ2v) is 6.35. The van der Waals surface area contributed by atoms with Crippen molar-refractivity contribution in [2.24, 2.45) is 0 Å². The van der Waals surface area contributed by atoms with Gasteiger partial charge in [0.25, 0.3) is 0 Å². The summed E-state index contributed by atoms with van der Waals surface area (Å²) in [5.74, 6) is 2.04. The maximum absolute atomic E-state index is 4.54. The van der Waals surface area contributed by atoms with E-state index in [9.17, 15) is 0 Å². The summed E-state index contributed by atoms with van der Waals surface area (Å²) in [7, 11) is 0. The lowest BCUT2D eigenvalue weighted by Crippen LogP contribution is -2.24. The van der Waals surface area contributed by atoms with Crippen molar-refractivity contribution in [1.29, 1.82) is 0 Å². The Morgan fingerprint density at radius 3 is 1.83 bits per heavy atom. The minimum Gasteiger partial charge on any atom is -0.354 e. The van der Waals surface area contributed by atoms with Gasteiger partial charge in [-0.15, -0.1) is 0 Å². The third kappa shape index (κ3) is 6.59. The van der Waals surface area contributed by atoms with Crippen molar-refractivity contribution in [3.05, 3.63) is 0 Å². The minimum absolute atomic E-state index is 0.498. The zero-order valence-electron chi connectivity index (χ0n) is 14.7. The van der Waals surface area contributed by atoms with Gasteiger partial charge in [-0.1, -0.05) is 46.0 Å². The summed E-state index contributed by atoms with van der Waals surface area (Å²) >= 11 is 0. The van der Waals surface area contributed by atoms with Crippen LogP contribution in [-0.2, 0) is 0 Å². The molecule has 0 saturated heterocycles. The van der Waals surface area contributed by atoms with E-state index in [4.69, 9.17) is 0 Å². The SMILES string of the molecule is CCCCNc1nc(NCCCC)nc(NC2CCCCC2)n1. The Bertz CT molecular complexity index is 416. The Hall–Kier alpha value is -1.59. The van der Waals surface area contributed by atoms with Gasteiger partial charge in [-0.2, -0.15) is 15.0 Å². The molecule has 0 unspecified atom stereocenters. The fraction of sp³-hybridized carbons (Fsp3) is 0.824. The summed E-state index contributed by atoms with van der Waals surface area (Å²) in [5, 5.41) is 10.1. The third-order valence-electron chi connectivity index (χ3n) is 4.20. The summed E-state index contributed by atoms with van der Waals surface area (Å²) < 4.78 is 0. The molecule has 1 heterocycles. The van der Waals surface area contributed by atoms with Gasteiger partial charge in [-0.25, -0.2) is 0 Å². The van der Waals surface area contributed by atoms with Gasteiger partial charge in [0.15, 0.2) is 0 Å². The number of unbranched alkanes of at least 4 members (excludes halogenated alkanes) is 2. The maximum Gasteiger partial charge on any atom is 0.229 e. The summed E-state index contributed by atoms with van der Waals surface area (Å²) in [6, 6.07) is 0.498. The van der Waals surface area contributed by atoms with Gasteiger partial charge in [0.1, 0.15) is 0 Å². The molecule has 2 rings (SSSR count). The van der Waals surface area contributed by atoms with E-state index in [2.05, 4.69) is 44.7 Å². The van der Waals surface area contributed by atoms with Crippen molar-refractivity contribution in [1.82, 2.24) is 15.0 Å². The monoisotopic (exact) mass is 320 g/mol.